The zero-order valence-corrected chi connectivity index (χ0v) is 19.1. The minimum Gasteiger partial charge on any atom is -0.435 e. The number of piperidine rings is 1. The van der Waals surface area contributed by atoms with E-state index >= 15 is 0 Å². The lowest BCUT2D eigenvalue weighted by Gasteiger charge is -2.31. The fourth-order valence-electron chi connectivity index (χ4n) is 3.84. The number of halogens is 3. The molecule has 1 aliphatic rings. The number of anilines is 1. The summed E-state index contributed by atoms with van der Waals surface area (Å²) in [6.45, 7) is -0.153. The number of hydrogen-bond donors (Lipinski definition) is 1. The number of carbonyl (C=O) groups excluding carboxylic acids is 2. The van der Waals surface area contributed by atoms with E-state index in [-0.39, 0.29) is 23.5 Å². The maximum absolute atomic E-state index is 13.1. The monoisotopic (exact) mass is 489 g/mol. The first-order valence-electron chi connectivity index (χ1n) is 10.7. The predicted octanol–water partition coefficient (Wildman–Crippen LogP) is 5.35. The van der Waals surface area contributed by atoms with Crippen molar-refractivity contribution in [2.45, 2.75) is 26.4 Å². The van der Waals surface area contributed by atoms with E-state index in [1.165, 1.54) is 47.7 Å². The Bertz CT molecular complexity index is 1160. The number of hydrogen-bond acceptors (Lipinski definition) is 5. The number of amides is 2. The van der Waals surface area contributed by atoms with Crippen LogP contribution in [0.5, 0.6) is 5.75 Å². The maximum atomic E-state index is 13.1. The molecule has 10 heteroatoms. The van der Waals surface area contributed by atoms with E-state index in [1.54, 1.807) is 17.0 Å². The van der Waals surface area contributed by atoms with Crippen molar-refractivity contribution >= 4 is 28.3 Å². The third-order valence-corrected chi connectivity index (χ3v) is 6.51. The van der Waals surface area contributed by atoms with Crippen LogP contribution >= 0.6 is 11.3 Å². The normalized spacial score (nSPS) is 14.3. The summed E-state index contributed by atoms with van der Waals surface area (Å²) >= 11 is 1.33. The number of rotatable bonds is 6. The number of likely N-dealkylation sites (tertiary alicyclic amines) is 1. The molecule has 34 heavy (non-hydrogen) atoms. The van der Waals surface area contributed by atoms with Gasteiger partial charge in [-0.15, -0.1) is 11.3 Å². The highest BCUT2D eigenvalue weighted by atomic mass is 32.1. The summed E-state index contributed by atoms with van der Waals surface area (Å²) in [4.78, 5) is 32.4. The van der Waals surface area contributed by atoms with Gasteiger partial charge in [-0.3, -0.25) is 9.59 Å². The van der Waals surface area contributed by atoms with Crippen LogP contribution in [0.3, 0.4) is 0 Å². The second kappa shape index (κ2) is 10.3. The highest BCUT2D eigenvalue weighted by molar-refractivity contribution is 7.16. The van der Waals surface area contributed by atoms with Crippen LogP contribution in [0.25, 0.3) is 11.3 Å². The van der Waals surface area contributed by atoms with Gasteiger partial charge in [-0.1, -0.05) is 0 Å². The van der Waals surface area contributed by atoms with Gasteiger partial charge in [0.05, 0.1) is 5.69 Å². The van der Waals surface area contributed by atoms with Crippen molar-refractivity contribution in [2.24, 2.45) is 5.92 Å². The SMILES string of the molecule is Cc1sc(NC(=O)C2CCN(C(=O)c3ccc(F)cc3)CC2)nc1-c1ccc(OC(F)F)cc1. The number of nitrogens with one attached hydrogen (secondary N) is 1. The van der Waals surface area contributed by atoms with E-state index < -0.39 is 12.4 Å². The number of aryl methyl sites for hydroxylation is 1. The van der Waals surface area contributed by atoms with Crippen molar-refractivity contribution in [3.8, 4) is 17.0 Å². The molecule has 0 bridgehead atoms. The number of nitrogens with zero attached hydrogens (tertiary/aromatic N) is 2. The molecule has 0 atom stereocenters. The molecule has 0 saturated carbocycles. The highest BCUT2D eigenvalue weighted by Gasteiger charge is 2.28. The Morgan fingerprint density at radius 3 is 2.35 bits per heavy atom. The summed E-state index contributed by atoms with van der Waals surface area (Å²) in [5, 5.41) is 3.32. The molecule has 1 fully saturated rings. The molecule has 2 aromatic carbocycles. The van der Waals surface area contributed by atoms with Crippen LogP contribution in [0.1, 0.15) is 28.1 Å². The molecule has 6 nitrogen and oxygen atoms in total. The standard InChI is InChI=1S/C24H22F3N3O3S/c1-14-20(15-4-8-19(9-5-15)33-23(26)27)28-24(34-14)29-21(31)16-10-12-30(13-11-16)22(32)17-2-6-18(25)7-3-17/h2-9,16,23H,10-13H2,1H3,(H,28,29,31). The molecule has 0 spiro atoms. The van der Waals surface area contributed by atoms with Crippen molar-refractivity contribution in [3.63, 3.8) is 0 Å². The second-order valence-electron chi connectivity index (χ2n) is 7.89. The molecule has 3 aromatic rings. The smallest absolute Gasteiger partial charge is 0.387 e. The topological polar surface area (TPSA) is 71.5 Å². The van der Waals surface area contributed by atoms with Gasteiger partial charge >= 0.3 is 6.61 Å². The van der Waals surface area contributed by atoms with Gasteiger partial charge in [-0.25, -0.2) is 9.37 Å². The molecule has 0 unspecified atom stereocenters. The molecular weight excluding hydrogens is 467 g/mol. The average molecular weight is 490 g/mol. The number of ether oxygens (including phenoxy) is 1. The van der Waals surface area contributed by atoms with Crippen LogP contribution in [0.15, 0.2) is 48.5 Å². The molecule has 1 aliphatic heterocycles. The van der Waals surface area contributed by atoms with Gasteiger partial charge in [0, 0.05) is 35.0 Å². The van der Waals surface area contributed by atoms with Gasteiger partial charge in [0.1, 0.15) is 11.6 Å². The van der Waals surface area contributed by atoms with E-state index in [4.69, 9.17) is 0 Å². The molecule has 178 valence electrons. The first kappa shape index (κ1) is 23.7. The molecule has 1 saturated heterocycles. The zero-order chi connectivity index (χ0) is 24.2. The average Bonchev–Trinajstić information content (AvgIpc) is 3.19. The number of benzene rings is 2. The molecule has 2 amide bonds. The molecule has 4 rings (SSSR count). The van der Waals surface area contributed by atoms with Crippen molar-refractivity contribution in [3.05, 3.63) is 64.8 Å². The molecular formula is C24H22F3N3O3S. The highest BCUT2D eigenvalue weighted by Crippen LogP contribution is 2.32. The van der Waals surface area contributed by atoms with Crippen LogP contribution in [-0.4, -0.2) is 41.4 Å². The van der Waals surface area contributed by atoms with Crippen molar-refractivity contribution in [2.75, 3.05) is 18.4 Å². The van der Waals surface area contributed by atoms with E-state index in [0.717, 1.165) is 10.4 Å². The Morgan fingerprint density at radius 1 is 1.09 bits per heavy atom. The van der Waals surface area contributed by atoms with Crippen molar-refractivity contribution in [1.29, 1.82) is 0 Å². The molecule has 2 heterocycles. The number of thiazole rings is 1. The van der Waals surface area contributed by atoms with Crippen molar-refractivity contribution < 1.29 is 27.5 Å². The van der Waals surface area contributed by atoms with Gasteiger partial charge < -0.3 is 15.0 Å². The number of aromatic nitrogens is 1. The van der Waals surface area contributed by atoms with Crippen LogP contribution in [0.4, 0.5) is 18.3 Å². The van der Waals surface area contributed by atoms with Gasteiger partial charge in [0.2, 0.25) is 5.91 Å². The molecule has 0 radical (unpaired) electrons. The van der Waals surface area contributed by atoms with E-state index in [0.29, 0.717) is 42.3 Å². The molecule has 0 aliphatic carbocycles. The Kier molecular flexibility index (Phi) is 7.16. The van der Waals surface area contributed by atoms with E-state index in [1.807, 2.05) is 6.92 Å². The zero-order valence-electron chi connectivity index (χ0n) is 18.3. The molecule has 1 N–H and O–H groups in total. The van der Waals surface area contributed by atoms with E-state index in [9.17, 15) is 22.8 Å². The summed E-state index contributed by atoms with van der Waals surface area (Å²) in [7, 11) is 0. The summed E-state index contributed by atoms with van der Waals surface area (Å²) in [6, 6.07) is 11.6. The fourth-order valence-corrected chi connectivity index (χ4v) is 4.68. The lowest BCUT2D eigenvalue weighted by Crippen LogP contribution is -2.41. The number of carbonyl (C=O) groups is 2. The largest absolute Gasteiger partial charge is 0.435 e. The maximum Gasteiger partial charge on any atom is 0.387 e. The van der Waals surface area contributed by atoms with Gasteiger partial charge in [0.15, 0.2) is 5.13 Å². The Balaban J connectivity index is 1.34. The third-order valence-electron chi connectivity index (χ3n) is 5.62. The Morgan fingerprint density at radius 2 is 1.74 bits per heavy atom. The number of alkyl halides is 2. The molecule has 1 aromatic heterocycles. The van der Waals surface area contributed by atoms with Crippen LogP contribution in [0, 0.1) is 18.7 Å². The first-order chi connectivity index (χ1) is 16.3. The lowest BCUT2D eigenvalue weighted by molar-refractivity contribution is -0.121. The predicted molar refractivity (Wildman–Crippen MR) is 123 cm³/mol. The van der Waals surface area contributed by atoms with Crippen molar-refractivity contribution in [1.82, 2.24) is 9.88 Å². The van der Waals surface area contributed by atoms with E-state index in [2.05, 4.69) is 15.0 Å². The second-order valence-corrected chi connectivity index (χ2v) is 9.09. The summed E-state index contributed by atoms with van der Waals surface area (Å²) in [5.41, 5.74) is 1.80. The minimum atomic E-state index is -2.89. The first-order valence-corrected chi connectivity index (χ1v) is 11.5. The van der Waals surface area contributed by atoms with Crippen LogP contribution < -0.4 is 10.1 Å². The van der Waals surface area contributed by atoms with Gasteiger partial charge in [0.25, 0.3) is 5.91 Å². The Hall–Kier alpha value is -3.40. The van der Waals surface area contributed by atoms with Crippen LogP contribution in [-0.2, 0) is 4.79 Å². The Labute approximate surface area is 198 Å². The van der Waals surface area contributed by atoms with Gasteiger partial charge in [-0.2, -0.15) is 8.78 Å². The lowest BCUT2D eigenvalue weighted by atomic mass is 9.95. The quantitative estimate of drug-likeness (QED) is 0.507. The minimum absolute atomic E-state index is 0.0596. The summed E-state index contributed by atoms with van der Waals surface area (Å²) < 4.78 is 42.1. The summed E-state index contributed by atoms with van der Waals surface area (Å²) in [6.07, 6.45) is 1.03. The summed E-state index contributed by atoms with van der Waals surface area (Å²) in [5.74, 6) is -0.927. The third kappa shape index (κ3) is 5.56. The van der Waals surface area contributed by atoms with Gasteiger partial charge in [-0.05, 0) is 68.3 Å². The fraction of sp³-hybridized carbons (Fsp3) is 0.292. The van der Waals surface area contributed by atoms with Crippen LogP contribution in [0.2, 0.25) is 0 Å².